The molecular formula is C28H43N6O13P. The molecule has 268 valence electrons. The topological polar surface area (TPSA) is 313 Å². The Balaban J connectivity index is 3.27. The maximum atomic E-state index is 13.4. The van der Waals surface area contributed by atoms with Gasteiger partial charge < -0.3 is 51.8 Å². The van der Waals surface area contributed by atoms with Crippen molar-refractivity contribution in [3.63, 3.8) is 0 Å². The lowest BCUT2D eigenvalue weighted by Gasteiger charge is -2.26. The van der Waals surface area contributed by atoms with Crippen LogP contribution in [0.1, 0.15) is 46.1 Å². The molecule has 0 heterocycles. The summed E-state index contributed by atoms with van der Waals surface area (Å²) >= 11 is 0. The van der Waals surface area contributed by atoms with Gasteiger partial charge in [0.05, 0.1) is 25.2 Å². The molecule has 20 heteroatoms. The highest BCUT2D eigenvalue weighted by atomic mass is 31.2. The fourth-order valence-electron chi connectivity index (χ4n) is 4.24. The second kappa shape index (κ2) is 19.4. The molecule has 0 unspecified atom stereocenters. The summed E-state index contributed by atoms with van der Waals surface area (Å²) in [6, 6.07) is -2.37. The Bertz CT molecular complexity index is 1350. The highest BCUT2D eigenvalue weighted by Gasteiger charge is 2.33. The third-order valence-corrected chi connectivity index (χ3v) is 6.86. The van der Waals surface area contributed by atoms with Crippen molar-refractivity contribution in [3.05, 3.63) is 29.8 Å². The Morgan fingerprint density at radius 3 is 1.83 bits per heavy atom. The zero-order valence-electron chi connectivity index (χ0n) is 26.7. The van der Waals surface area contributed by atoms with Crippen molar-refractivity contribution in [3.8, 4) is 5.75 Å². The van der Waals surface area contributed by atoms with Crippen LogP contribution in [0, 0.1) is 5.92 Å². The van der Waals surface area contributed by atoms with Crippen LogP contribution in [0.4, 0.5) is 0 Å². The Morgan fingerprint density at radius 1 is 0.854 bits per heavy atom. The van der Waals surface area contributed by atoms with Gasteiger partial charge in [-0.05, 0) is 37.0 Å². The Kier molecular flexibility index (Phi) is 16.8. The molecule has 1 rings (SSSR count). The monoisotopic (exact) mass is 702 g/mol. The van der Waals surface area contributed by atoms with Gasteiger partial charge in [-0.1, -0.05) is 26.0 Å². The molecule has 0 saturated heterocycles. The number of hydrogen-bond donors (Lipinski definition) is 10. The second-order valence-electron chi connectivity index (χ2n) is 11.3. The molecule has 11 N–H and O–H groups in total. The number of rotatable bonds is 20. The quantitative estimate of drug-likeness (QED) is 0.0469. The maximum Gasteiger partial charge on any atom is 0.524 e. The van der Waals surface area contributed by atoms with Gasteiger partial charge >= 0.3 is 7.82 Å². The minimum Gasteiger partial charge on any atom is -0.404 e. The van der Waals surface area contributed by atoms with Crippen LogP contribution < -0.4 is 36.8 Å². The number of nitrogens with one attached hydrogen (secondary N) is 5. The molecule has 0 aliphatic rings. The number of nitrogens with two attached hydrogens (primary N) is 1. The van der Waals surface area contributed by atoms with Crippen LogP contribution in [0.5, 0.6) is 5.75 Å². The number of aldehydes is 1. The van der Waals surface area contributed by atoms with Gasteiger partial charge in [0.1, 0.15) is 36.2 Å². The number of carbonyl (C=O) groups excluding carboxylic acids is 7. The smallest absolute Gasteiger partial charge is 0.404 e. The lowest BCUT2D eigenvalue weighted by Crippen LogP contribution is -2.61. The molecule has 6 amide bonds. The summed E-state index contributed by atoms with van der Waals surface area (Å²) in [5.74, 6) is -6.00. The fourth-order valence-corrected chi connectivity index (χ4v) is 4.64. The number of aliphatic hydroxyl groups excluding tert-OH is 2. The van der Waals surface area contributed by atoms with Crippen LogP contribution in [-0.2, 0) is 44.5 Å². The molecule has 0 aromatic heterocycles. The number of carbonyl (C=O) groups is 7. The first-order valence-corrected chi connectivity index (χ1v) is 16.1. The van der Waals surface area contributed by atoms with Gasteiger partial charge in [0.2, 0.25) is 35.4 Å². The van der Waals surface area contributed by atoms with E-state index in [1.165, 1.54) is 31.2 Å². The van der Waals surface area contributed by atoms with E-state index >= 15 is 0 Å². The molecule has 48 heavy (non-hydrogen) atoms. The van der Waals surface area contributed by atoms with E-state index in [-0.39, 0.29) is 24.5 Å². The van der Waals surface area contributed by atoms with Crippen LogP contribution in [0.25, 0.3) is 0 Å². The van der Waals surface area contributed by atoms with Gasteiger partial charge in [0, 0.05) is 13.3 Å². The lowest BCUT2D eigenvalue weighted by atomic mass is 10.0. The van der Waals surface area contributed by atoms with Crippen molar-refractivity contribution in [2.24, 2.45) is 11.7 Å². The number of benzene rings is 1. The Hall–Kier alpha value is -4.42. The summed E-state index contributed by atoms with van der Waals surface area (Å²) < 4.78 is 15.6. The normalized spacial score (nSPS) is 15.0. The lowest BCUT2D eigenvalue weighted by molar-refractivity contribution is -0.136. The molecule has 19 nitrogen and oxygen atoms in total. The number of phosphoric acid groups is 1. The van der Waals surface area contributed by atoms with E-state index in [1.54, 1.807) is 13.8 Å². The molecule has 0 saturated carbocycles. The molecule has 1 aromatic carbocycles. The first-order valence-electron chi connectivity index (χ1n) is 14.6. The molecule has 6 atom stereocenters. The molecular weight excluding hydrogens is 659 g/mol. The highest BCUT2D eigenvalue weighted by molar-refractivity contribution is 7.46. The van der Waals surface area contributed by atoms with Crippen molar-refractivity contribution in [2.75, 3.05) is 6.61 Å². The van der Waals surface area contributed by atoms with E-state index in [9.17, 15) is 48.3 Å². The summed E-state index contributed by atoms with van der Waals surface area (Å²) in [5, 5.41) is 31.4. The molecule has 0 aliphatic carbocycles. The van der Waals surface area contributed by atoms with Gasteiger partial charge in [0.15, 0.2) is 0 Å². The summed E-state index contributed by atoms with van der Waals surface area (Å²) in [4.78, 5) is 105. The Morgan fingerprint density at radius 2 is 1.38 bits per heavy atom. The summed E-state index contributed by atoms with van der Waals surface area (Å²) in [7, 11) is -4.87. The summed E-state index contributed by atoms with van der Waals surface area (Å²) in [6.07, 6.45) is -1.69. The average Bonchev–Trinajstić information content (AvgIpc) is 2.96. The third-order valence-electron chi connectivity index (χ3n) is 6.42. The zero-order valence-corrected chi connectivity index (χ0v) is 27.6. The summed E-state index contributed by atoms with van der Waals surface area (Å²) in [5.41, 5.74) is 5.53. The zero-order chi connectivity index (χ0) is 36.8. The van der Waals surface area contributed by atoms with Gasteiger partial charge in [-0.3, -0.25) is 38.6 Å². The van der Waals surface area contributed by atoms with E-state index < -0.39 is 92.6 Å². The van der Waals surface area contributed by atoms with E-state index in [0.717, 1.165) is 6.92 Å². The van der Waals surface area contributed by atoms with Crippen LogP contribution in [0.15, 0.2) is 24.3 Å². The van der Waals surface area contributed by atoms with Crippen LogP contribution in [-0.4, -0.2) is 105 Å². The van der Waals surface area contributed by atoms with E-state index in [2.05, 4.69) is 31.1 Å². The minimum atomic E-state index is -4.87. The highest BCUT2D eigenvalue weighted by Crippen LogP contribution is 2.37. The van der Waals surface area contributed by atoms with Gasteiger partial charge in [-0.25, -0.2) is 4.57 Å². The van der Waals surface area contributed by atoms with E-state index in [0.29, 0.717) is 11.8 Å². The largest absolute Gasteiger partial charge is 0.524 e. The Labute approximate surface area is 276 Å². The first-order chi connectivity index (χ1) is 22.3. The number of hydrogen-bond acceptors (Lipinski definition) is 11. The van der Waals surface area contributed by atoms with Gasteiger partial charge in [-0.2, -0.15) is 0 Å². The van der Waals surface area contributed by atoms with Gasteiger partial charge in [0.25, 0.3) is 0 Å². The van der Waals surface area contributed by atoms with Crippen molar-refractivity contribution in [1.82, 2.24) is 26.6 Å². The maximum absolute atomic E-state index is 13.4. The van der Waals surface area contributed by atoms with Crippen molar-refractivity contribution >= 4 is 49.6 Å². The van der Waals surface area contributed by atoms with Crippen LogP contribution >= 0.6 is 7.82 Å². The number of aliphatic hydroxyl groups is 2. The molecule has 1 aromatic rings. The number of primary amides is 1. The van der Waals surface area contributed by atoms with Crippen LogP contribution in [0.3, 0.4) is 0 Å². The summed E-state index contributed by atoms with van der Waals surface area (Å²) in [6.45, 7) is 4.88. The van der Waals surface area contributed by atoms with Crippen molar-refractivity contribution in [2.45, 2.75) is 83.3 Å². The molecule has 0 fully saturated rings. The molecule has 0 bridgehead atoms. The van der Waals surface area contributed by atoms with E-state index in [4.69, 9.17) is 15.5 Å². The average molecular weight is 703 g/mol. The fraction of sp³-hybridized carbons (Fsp3) is 0.536. The van der Waals surface area contributed by atoms with Crippen LogP contribution in [0.2, 0.25) is 0 Å². The van der Waals surface area contributed by atoms with Crippen molar-refractivity contribution < 1.29 is 62.7 Å². The predicted octanol–water partition coefficient (Wildman–Crippen LogP) is -3.36. The van der Waals surface area contributed by atoms with Gasteiger partial charge in [-0.15, -0.1) is 0 Å². The molecule has 0 radical (unpaired) electrons. The SMILES string of the molecule is CC(=O)N[C@H](C(=O)N[C@@H](Cc1ccc(OP(=O)(O)O)cc1)C(=O)N[C@@H](CO)C(=O)N[C@@H](CC(N)=O)C(=O)N[C@H](C=O)CC(C)C)[C@@H](C)O. The molecule has 0 aliphatic heterocycles. The second-order valence-corrected chi connectivity index (χ2v) is 12.4. The molecule has 0 spiro atoms. The van der Waals surface area contributed by atoms with E-state index in [1.807, 2.05) is 0 Å². The van der Waals surface area contributed by atoms with Crippen molar-refractivity contribution in [1.29, 1.82) is 0 Å². The first kappa shape index (κ1) is 41.6. The number of phosphoric ester groups is 1. The number of amides is 6. The standard InChI is InChI=1S/C28H43N6O13P/c1-14(2)9-18(12-35)31-25(40)21(11-23(29)39)32-27(42)22(13-36)34-26(41)20(33-28(43)24(15(3)37)30-16(4)38)10-17-5-7-19(8-6-17)47-48(44,45)46/h5-8,12,14-15,18,20-22,24,36-37H,9-11,13H2,1-4H3,(H2,29,39)(H,30,38)(H,31,40)(H,32,42)(H,33,43)(H,34,41)(H2,44,45,46)/t15-,18+,20+,21+,22+,24+/m1/s1. The predicted molar refractivity (Wildman–Crippen MR) is 166 cm³/mol. The third kappa shape index (κ3) is 15.4. The minimum absolute atomic E-state index is 0.00667.